The van der Waals surface area contributed by atoms with Crippen LogP contribution in [0.15, 0.2) is 24.3 Å². The van der Waals surface area contributed by atoms with Crippen molar-refractivity contribution in [3.63, 3.8) is 0 Å². The van der Waals surface area contributed by atoms with E-state index in [0.717, 1.165) is 37.9 Å². The number of ether oxygens (including phenoxy) is 2. The molecule has 2 heterocycles. The lowest BCUT2D eigenvalue weighted by atomic mass is 9.97. The van der Waals surface area contributed by atoms with E-state index in [2.05, 4.69) is 10.2 Å². The molecule has 0 aliphatic carbocycles. The Bertz CT molecular complexity index is 789. The van der Waals surface area contributed by atoms with Crippen LogP contribution in [0.2, 0.25) is 0 Å². The van der Waals surface area contributed by atoms with Gasteiger partial charge in [0.2, 0.25) is 15.9 Å². The van der Waals surface area contributed by atoms with Gasteiger partial charge < -0.3 is 14.8 Å². The molecule has 2 fully saturated rings. The molecule has 2 aliphatic heterocycles. The van der Waals surface area contributed by atoms with E-state index in [-0.39, 0.29) is 18.5 Å². The van der Waals surface area contributed by atoms with Crippen LogP contribution in [0, 0.1) is 12.8 Å². The fourth-order valence-corrected chi connectivity index (χ4v) is 4.90. The molecule has 0 aromatic heterocycles. The van der Waals surface area contributed by atoms with Gasteiger partial charge in [-0.05, 0) is 25.0 Å². The molecule has 0 spiro atoms. The lowest BCUT2D eigenvalue weighted by Crippen LogP contribution is -2.53. The summed E-state index contributed by atoms with van der Waals surface area (Å²) in [7, 11) is -3.58. The number of benzene rings is 1. The van der Waals surface area contributed by atoms with E-state index in [0.29, 0.717) is 38.0 Å². The van der Waals surface area contributed by atoms with Gasteiger partial charge in [-0.15, -0.1) is 0 Å². The van der Waals surface area contributed by atoms with Crippen LogP contribution in [0.1, 0.15) is 12.0 Å². The van der Waals surface area contributed by atoms with Gasteiger partial charge in [0.05, 0.1) is 31.8 Å². The Morgan fingerprint density at radius 2 is 1.97 bits per heavy atom. The van der Waals surface area contributed by atoms with Gasteiger partial charge in [-0.3, -0.25) is 14.0 Å². The Kier molecular flexibility index (Phi) is 7.50. The first-order valence-electron chi connectivity index (χ1n) is 10.1. The Morgan fingerprint density at radius 1 is 1.24 bits per heavy atom. The summed E-state index contributed by atoms with van der Waals surface area (Å²) in [6, 6.07) is 7.33. The zero-order valence-electron chi connectivity index (χ0n) is 17.2. The van der Waals surface area contributed by atoms with Gasteiger partial charge in [0, 0.05) is 38.2 Å². The number of para-hydroxylation sites is 1. The molecular formula is C20H31N3O5S. The third-order valence-electron chi connectivity index (χ3n) is 5.60. The Balaban J connectivity index is 1.66. The number of nitrogens with zero attached hydrogens (tertiary/aromatic N) is 2. The fraction of sp³-hybridized carbons (Fsp3) is 0.650. The SMILES string of the molecule is Cc1ccccc1N(CC(=O)NCC(C1CCOC1)N1CCOCC1)S(C)(=O)=O. The van der Waals surface area contributed by atoms with Crippen LogP contribution in [-0.2, 0) is 24.3 Å². The molecule has 8 nitrogen and oxygen atoms in total. The highest BCUT2D eigenvalue weighted by Crippen LogP contribution is 2.23. The summed E-state index contributed by atoms with van der Waals surface area (Å²) in [6.45, 7) is 6.54. The van der Waals surface area contributed by atoms with Crippen molar-refractivity contribution in [1.29, 1.82) is 0 Å². The first kappa shape index (κ1) is 22.0. The van der Waals surface area contributed by atoms with E-state index in [1.165, 1.54) is 4.31 Å². The Hall–Kier alpha value is -1.68. The van der Waals surface area contributed by atoms with Crippen molar-refractivity contribution >= 4 is 21.6 Å². The summed E-state index contributed by atoms with van der Waals surface area (Å²) in [5.41, 5.74) is 1.33. The smallest absolute Gasteiger partial charge is 0.240 e. The lowest BCUT2D eigenvalue weighted by Gasteiger charge is -2.37. The normalized spacial score (nSPS) is 21.7. The molecule has 0 bridgehead atoms. The van der Waals surface area contributed by atoms with Gasteiger partial charge in [-0.1, -0.05) is 18.2 Å². The van der Waals surface area contributed by atoms with Crippen LogP contribution in [-0.4, -0.2) is 84.1 Å². The number of rotatable bonds is 8. The van der Waals surface area contributed by atoms with Gasteiger partial charge in [-0.25, -0.2) is 8.42 Å². The van der Waals surface area contributed by atoms with Gasteiger partial charge in [0.1, 0.15) is 6.54 Å². The Morgan fingerprint density at radius 3 is 2.59 bits per heavy atom. The van der Waals surface area contributed by atoms with E-state index in [1.54, 1.807) is 12.1 Å². The van der Waals surface area contributed by atoms with Crippen molar-refractivity contribution in [2.45, 2.75) is 19.4 Å². The van der Waals surface area contributed by atoms with Crippen molar-refractivity contribution < 1.29 is 22.7 Å². The van der Waals surface area contributed by atoms with Crippen molar-refractivity contribution in [1.82, 2.24) is 10.2 Å². The zero-order valence-corrected chi connectivity index (χ0v) is 18.0. The molecule has 1 N–H and O–H groups in total. The standard InChI is InChI=1S/C20H31N3O5S/c1-16-5-3-4-6-18(16)23(29(2,25)26)14-20(24)21-13-19(17-7-10-28-15-17)22-8-11-27-12-9-22/h3-6,17,19H,7-15H2,1-2H3,(H,21,24). The van der Waals surface area contributed by atoms with Gasteiger partial charge >= 0.3 is 0 Å². The topological polar surface area (TPSA) is 88.2 Å². The molecule has 2 aliphatic rings. The average Bonchev–Trinajstić information content (AvgIpc) is 3.21. The summed E-state index contributed by atoms with van der Waals surface area (Å²) in [4.78, 5) is 15.0. The van der Waals surface area contributed by atoms with Crippen molar-refractivity contribution in [2.75, 3.05) is 63.2 Å². The number of sulfonamides is 1. The van der Waals surface area contributed by atoms with E-state index in [9.17, 15) is 13.2 Å². The Labute approximate surface area is 173 Å². The lowest BCUT2D eigenvalue weighted by molar-refractivity contribution is -0.120. The number of carbonyl (C=O) groups is 1. The minimum Gasteiger partial charge on any atom is -0.381 e. The number of amides is 1. The number of anilines is 1. The van der Waals surface area contributed by atoms with E-state index >= 15 is 0 Å². The predicted octanol–water partition coefficient (Wildman–Crippen LogP) is 0.615. The molecule has 1 amide bonds. The summed E-state index contributed by atoms with van der Waals surface area (Å²) in [6.07, 6.45) is 2.09. The minimum absolute atomic E-state index is 0.162. The highest BCUT2D eigenvalue weighted by molar-refractivity contribution is 7.92. The van der Waals surface area contributed by atoms with Gasteiger partial charge in [0.25, 0.3) is 0 Å². The molecule has 0 radical (unpaired) electrons. The molecular weight excluding hydrogens is 394 g/mol. The zero-order chi connectivity index (χ0) is 20.9. The maximum Gasteiger partial charge on any atom is 0.240 e. The first-order valence-corrected chi connectivity index (χ1v) is 11.9. The molecule has 2 atom stereocenters. The second-order valence-corrected chi connectivity index (χ2v) is 9.61. The molecule has 2 saturated heterocycles. The summed E-state index contributed by atoms with van der Waals surface area (Å²) in [5.74, 6) is 0.0478. The predicted molar refractivity (Wildman–Crippen MR) is 111 cm³/mol. The molecule has 162 valence electrons. The van der Waals surface area contributed by atoms with Crippen LogP contribution in [0.3, 0.4) is 0 Å². The van der Waals surface area contributed by atoms with Crippen LogP contribution >= 0.6 is 0 Å². The largest absolute Gasteiger partial charge is 0.381 e. The molecule has 1 aromatic rings. The van der Waals surface area contributed by atoms with Crippen molar-refractivity contribution in [3.05, 3.63) is 29.8 Å². The van der Waals surface area contributed by atoms with E-state index < -0.39 is 10.0 Å². The van der Waals surface area contributed by atoms with Crippen LogP contribution in [0.5, 0.6) is 0 Å². The maximum atomic E-state index is 12.7. The van der Waals surface area contributed by atoms with Crippen molar-refractivity contribution in [3.8, 4) is 0 Å². The van der Waals surface area contributed by atoms with Gasteiger partial charge in [0.15, 0.2) is 0 Å². The van der Waals surface area contributed by atoms with E-state index in [1.807, 2.05) is 19.1 Å². The number of hydrogen-bond acceptors (Lipinski definition) is 6. The third-order valence-corrected chi connectivity index (χ3v) is 6.73. The summed E-state index contributed by atoms with van der Waals surface area (Å²) in [5, 5.41) is 2.97. The maximum absolute atomic E-state index is 12.7. The highest BCUT2D eigenvalue weighted by Gasteiger charge is 2.32. The number of aryl methyl sites for hydroxylation is 1. The second kappa shape index (κ2) is 9.88. The molecule has 1 aromatic carbocycles. The molecule has 0 saturated carbocycles. The van der Waals surface area contributed by atoms with Crippen LogP contribution < -0.4 is 9.62 Å². The van der Waals surface area contributed by atoms with Crippen LogP contribution in [0.4, 0.5) is 5.69 Å². The minimum atomic E-state index is -3.58. The fourth-order valence-electron chi connectivity index (χ4n) is 3.99. The second-order valence-electron chi connectivity index (χ2n) is 7.70. The number of hydrogen-bond donors (Lipinski definition) is 1. The summed E-state index contributed by atoms with van der Waals surface area (Å²) < 4.78 is 36.8. The quantitative estimate of drug-likeness (QED) is 0.657. The highest BCUT2D eigenvalue weighted by atomic mass is 32.2. The molecule has 3 rings (SSSR count). The first-order chi connectivity index (χ1) is 13.9. The van der Waals surface area contributed by atoms with Crippen LogP contribution in [0.25, 0.3) is 0 Å². The average molecular weight is 426 g/mol. The van der Waals surface area contributed by atoms with E-state index in [4.69, 9.17) is 9.47 Å². The monoisotopic (exact) mass is 425 g/mol. The molecule has 2 unspecified atom stereocenters. The molecule has 9 heteroatoms. The summed E-state index contributed by atoms with van der Waals surface area (Å²) >= 11 is 0. The third kappa shape index (κ3) is 5.91. The van der Waals surface area contributed by atoms with Crippen molar-refractivity contribution in [2.24, 2.45) is 5.92 Å². The number of morpholine rings is 1. The van der Waals surface area contributed by atoms with Gasteiger partial charge in [-0.2, -0.15) is 0 Å². The molecule has 29 heavy (non-hydrogen) atoms. The number of nitrogens with one attached hydrogen (secondary N) is 1. The number of carbonyl (C=O) groups excluding carboxylic acids is 1.